The lowest BCUT2D eigenvalue weighted by atomic mass is 10.1. The summed E-state index contributed by atoms with van der Waals surface area (Å²) in [5, 5.41) is 0. The summed E-state index contributed by atoms with van der Waals surface area (Å²) in [5.41, 5.74) is 1.02. The van der Waals surface area contributed by atoms with E-state index >= 15 is 0 Å². The first-order valence-electron chi connectivity index (χ1n) is 4.87. The van der Waals surface area contributed by atoms with E-state index in [-0.39, 0.29) is 0 Å². The molecule has 80 valence electrons. The molecule has 0 atom stereocenters. The molecule has 0 aromatic carbocycles. The molecule has 14 heavy (non-hydrogen) atoms. The maximum atomic E-state index is 5.23. The SMILES string of the molecule is C=C(CC(=C)OCC)CC(=C)OCC. The van der Waals surface area contributed by atoms with Gasteiger partial charge in [-0.2, -0.15) is 0 Å². The minimum Gasteiger partial charge on any atom is -0.499 e. The molecule has 0 bridgehead atoms. The Balaban J connectivity index is 3.75. The second kappa shape index (κ2) is 7.25. The van der Waals surface area contributed by atoms with E-state index in [0.717, 1.165) is 17.1 Å². The summed E-state index contributed by atoms with van der Waals surface area (Å²) in [5.74, 6) is 1.50. The van der Waals surface area contributed by atoms with Gasteiger partial charge in [0, 0.05) is 12.8 Å². The summed E-state index contributed by atoms with van der Waals surface area (Å²) in [6.45, 7) is 16.7. The van der Waals surface area contributed by atoms with Crippen molar-refractivity contribution >= 4 is 0 Å². The van der Waals surface area contributed by atoms with Gasteiger partial charge in [-0.15, -0.1) is 0 Å². The zero-order chi connectivity index (χ0) is 11.0. The maximum Gasteiger partial charge on any atom is 0.0928 e. The van der Waals surface area contributed by atoms with E-state index in [1.165, 1.54) is 0 Å². The average Bonchev–Trinajstić information content (AvgIpc) is 2.03. The summed E-state index contributed by atoms with van der Waals surface area (Å²) in [6, 6.07) is 0. The predicted octanol–water partition coefficient (Wildman–Crippen LogP) is 3.42. The largest absolute Gasteiger partial charge is 0.499 e. The zero-order valence-corrected chi connectivity index (χ0v) is 9.27. The first-order valence-corrected chi connectivity index (χ1v) is 4.87. The molecule has 0 spiro atoms. The van der Waals surface area contributed by atoms with Crippen LogP contribution in [0, 0.1) is 0 Å². The highest BCUT2D eigenvalue weighted by Gasteiger charge is 2.02. The summed E-state index contributed by atoms with van der Waals surface area (Å²) in [7, 11) is 0. The van der Waals surface area contributed by atoms with Gasteiger partial charge in [0.05, 0.1) is 24.7 Å². The van der Waals surface area contributed by atoms with E-state index in [1.807, 2.05) is 13.8 Å². The lowest BCUT2D eigenvalue weighted by Gasteiger charge is -2.11. The second-order valence-electron chi connectivity index (χ2n) is 3.05. The van der Waals surface area contributed by atoms with Crippen molar-refractivity contribution in [2.24, 2.45) is 0 Å². The van der Waals surface area contributed by atoms with Gasteiger partial charge in [0.25, 0.3) is 0 Å². The molecule has 0 aliphatic heterocycles. The molecule has 0 radical (unpaired) electrons. The topological polar surface area (TPSA) is 18.5 Å². The van der Waals surface area contributed by atoms with Crippen LogP contribution in [0.2, 0.25) is 0 Å². The van der Waals surface area contributed by atoms with Crippen LogP contribution in [0.4, 0.5) is 0 Å². The van der Waals surface area contributed by atoms with E-state index in [9.17, 15) is 0 Å². The molecule has 2 nitrogen and oxygen atoms in total. The van der Waals surface area contributed by atoms with Crippen molar-refractivity contribution in [3.63, 3.8) is 0 Å². The number of ether oxygens (including phenoxy) is 2. The minimum absolute atomic E-state index is 0.651. The molecule has 2 heteroatoms. The Bertz CT molecular complexity index is 194. The monoisotopic (exact) mass is 196 g/mol. The molecule has 0 saturated heterocycles. The van der Waals surface area contributed by atoms with Crippen molar-refractivity contribution in [3.8, 4) is 0 Å². The molecule has 0 fully saturated rings. The molecule has 0 N–H and O–H groups in total. The summed E-state index contributed by atoms with van der Waals surface area (Å²) in [4.78, 5) is 0. The Morgan fingerprint density at radius 3 is 1.50 bits per heavy atom. The summed E-state index contributed by atoms with van der Waals surface area (Å²) in [6.07, 6.45) is 1.36. The lowest BCUT2D eigenvalue weighted by Crippen LogP contribution is -1.95. The molecular formula is C12H20O2. The zero-order valence-electron chi connectivity index (χ0n) is 9.27. The molecule has 0 saturated carbocycles. The van der Waals surface area contributed by atoms with Crippen LogP contribution >= 0.6 is 0 Å². The Labute approximate surface area is 86.9 Å². The van der Waals surface area contributed by atoms with Crippen molar-refractivity contribution < 1.29 is 9.47 Å². The molecule has 0 aliphatic rings. The molecule has 0 aliphatic carbocycles. The fraction of sp³-hybridized carbons (Fsp3) is 0.500. The smallest absolute Gasteiger partial charge is 0.0928 e. The van der Waals surface area contributed by atoms with Gasteiger partial charge in [0.15, 0.2) is 0 Å². The van der Waals surface area contributed by atoms with E-state index in [1.54, 1.807) is 0 Å². The third kappa shape index (κ3) is 6.35. The van der Waals surface area contributed by atoms with Crippen LogP contribution in [-0.4, -0.2) is 13.2 Å². The highest BCUT2D eigenvalue weighted by atomic mass is 16.5. The van der Waals surface area contributed by atoms with Gasteiger partial charge in [-0.25, -0.2) is 0 Å². The van der Waals surface area contributed by atoms with Crippen LogP contribution in [0.15, 0.2) is 36.8 Å². The van der Waals surface area contributed by atoms with Gasteiger partial charge < -0.3 is 9.47 Å². The van der Waals surface area contributed by atoms with Gasteiger partial charge in [0.1, 0.15) is 0 Å². The van der Waals surface area contributed by atoms with Gasteiger partial charge in [0.2, 0.25) is 0 Å². The van der Waals surface area contributed by atoms with Crippen LogP contribution in [0.1, 0.15) is 26.7 Å². The molecule has 0 rings (SSSR count). The Morgan fingerprint density at radius 1 is 0.857 bits per heavy atom. The summed E-state index contributed by atoms with van der Waals surface area (Å²) < 4.78 is 10.5. The Kier molecular flexibility index (Phi) is 6.63. The number of rotatable bonds is 8. The maximum absolute atomic E-state index is 5.23. The van der Waals surface area contributed by atoms with E-state index < -0.39 is 0 Å². The van der Waals surface area contributed by atoms with Crippen molar-refractivity contribution in [2.75, 3.05) is 13.2 Å². The van der Waals surface area contributed by atoms with E-state index in [2.05, 4.69) is 19.7 Å². The van der Waals surface area contributed by atoms with Crippen LogP contribution in [0.25, 0.3) is 0 Å². The molecule has 0 aromatic heterocycles. The lowest BCUT2D eigenvalue weighted by molar-refractivity contribution is 0.216. The molecule has 0 amide bonds. The normalized spacial score (nSPS) is 9.29. The number of hydrogen-bond donors (Lipinski definition) is 0. The molecule has 0 heterocycles. The number of hydrogen-bond acceptors (Lipinski definition) is 2. The first kappa shape index (κ1) is 12.8. The predicted molar refractivity (Wildman–Crippen MR) is 59.9 cm³/mol. The van der Waals surface area contributed by atoms with Gasteiger partial charge in [-0.3, -0.25) is 0 Å². The van der Waals surface area contributed by atoms with Gasteiger partial charge in [-0.1, -0.05) is 25.3 Å². The molecule has 0 aromatic rings. The van der Waals surface area contributed by atoms with Crippen LogP contribution in [-0.2, 0) is 9.47 Å². The Hall–Kier alpha value is -1.18. The second-order valence-corrected chi connectivity index (χ2v) is 3.05. The highest BCUT2D eigenvalue weighted by molar-refractivity contribution is 5.10. The van der Waals surface area contributed by atoms with Crippen molar-refractivity contribution in [2.45, 2.75) is 26.7 Å². The fourth-order valence-electron chi connectivity index (χ4n) is 1.13. The molecule has 0 unspecified atom stereocenters. The van der Waals surface area contributed by atoms with Crippen LogP contribution in [0.5, 0.6) is 0 Å². The van der Waals surface area contributed by atoms with Crippen molar-refractivity contribution in [3.05, 3.63) is 36.8 Å². The minimum atomic E-state index is 0.651. The highest BCUT2D eigenvalue weighted by Crippen LogP contribution is 2.16. The summed E-state index contributed by atoms with van der Waals surface area (Å²) >= 11 is 0. The van der Waals surface area contributed by atoms with E-state index in [4.69, 9.17) is 9.47 Å². The Morgan fingerprint density at radius 2 is 1.21 bits per heavy atom. The number of allylic oxidation sites excluding steroid dienone is 2. The average molecular weight is 196 g/mol. The van der Waals surface area contributed by atoms with Crippen LogP contribution < -0.4 is 0 Å². The third-order valence-corrected chi connectivity index (χ3v) is 1.59. The third-order valence-electron chi connectivity index (χ3n) is 1.59. The van der Waals surface area contributed by atoms with Crippen LogP contribution in [0.3, 0.4) is 0 Å². The van der Waals surface area contributed by atoms with Crippen molar-refractivity contribution in [1.82, 2.24) is 0 Å². The first-order chi connectivity index (χ1) is 6.60. The van der Waals surface area contributed by atoms with Gasteiger partial charge >= 0.3 is 0 Å². The molecular weight excluding hydrogens is 176 g/mol. The van der Waals surface area contributed by atoms with E-state index in [0.29, 0.717) is 26.1 Å². The van der Waals surface area contributed by atoms with Crippen molar-refractivity contribution in [1.29, 1.82) is 0 Å². The standard InChI is InChI=1S/C12H20O2/c1-6-13-11(4)8-10(3)9-12(5)14-7-2/h3-9H2,1-2H3. The quantitative estimate of drug-likeness (QED) is 0.437. The van der Waals surface area contributed by atoms with Gasteiger partial charge in [-0.05, 0) is 13.8 Å². The fourth-order valence-corrected chi connectivity index (χ4v) is 1.13.